The monoisotopic (exact) mass is 288 g/mol. The minimum atomic E-state index is 0.401. The lowest BCUT2D eigenvalue weighted by molar-refractivity contribution is 0.478. The SMILES string of the molecule is CC(C)c1ccc(C#Cc2ccc(Br)cc2)o1. The zero-order chi connectivity index (χ0) is 12.3. The molecule has 1 aromatic heterocycles. The van der Waals surface area contributed by atoms with Crippen LogP contribution in [-0.4, -0.2) is 0 Å². The van der Waals surface area contributed by atoms with E-state index in [-0.39, 0.29) is 0 Å². The van der Waals surface area contributed by atoms with E-state index in [4.69, 9.17) is 4.42 Å². The molecule has 0 N–H and O–H groups in total. The highest BCUT2D eigenvalue weighted by Gasteiger charge is 2.03. The van der Waals surface area contributed by atoms with Gasteiger partial charge >= 0.3 is 0 Å². The zero-order valence-corrected chi connectivity index (χ0v) is 11.4. The molecule has 0 spiro atoms. The first kappa shape index (κ1) is 12.0. The van der Waals surface area contributed by atoms with Crippen LogP contribution in [-0.2, 0) is 0 Å². The third-order valence-electron chi connectivity index (χ3n) is 2.37. The van der Waals surface area contributed by atoms with Crippen molar-refractivity contribution in [2.75, 3.05) is 0 Å². The largest absolute Gasteiger partial charge is 0.452 e. The van der Waals surface area contributed by atoms with Gasteiger partial charge in [-0.25, -0.2) is 0 Å². The molecule has 1 nitrogen and oxygen atoms in total. The lowest BCUT2D eigenvalue weighted by atomic mass is 10.2. The van der Waals surface area contributed by atoms with Crippen LogP contribution in [0.4, 0.5) is 0 Å². The van der Waals surface area contributed by atoms with Crippen LogP contribution < -0.4 is 0 Å². The first-order chi connectivity index (χ1) is 8.15. The second-order valence-corrected chi connectivity index (χ2v) is 5.03. The minimum Gasteiger partial charge on any atom is -0.452 e. The van der Waals surface area contributed by atoms with Crippen molar-refractivity contribution in [3.8, 4) is 11.8 Å². The fraction of sp³-hybridized carbons (Fsp3) is 0.200. The Morgan fingerprint density at radius 2 is 1.71 bits per heavy atom. The first-order valence-electron chi connectivity index (χ1n) is 5.52. The van der Waals surface area contributed by atoms with E-state index in [1.807, 2.05) is 36.4 Å². The fourth-order valence-electron chi connectivity index (χ4n) is 1.40. The van der Waals surface area contributed by atoms with Crippen molar-refractivity contribution in [2.45, 2.75) is 19.8 Å². The molecule has 0 aliphatic rings. The Balaban J connectivity index is 2.18. The molecular weight excluding hydrogens is 276 g/mol. The zero-order valence-electron chi connectivity index (χ0n) is 9.83. The van der Waals surface area contributed by atoms with Crippen LogP contribution >= 0.6 is 15.9 Å². The number of hydrogen-bond donors (Lipinski definition) is 0. The van der Waals surface area contributed by atoms with Gasteiger partial charge in [-0.3, -0.25) is 0 Å². The molecule has 17 heavy (non-hydrogen) atoms. The van der Waals surface area contributed by atoms with E-state index in [0.717, 1.165) is 21.6 Å². The van der Waals surface area contributed by atoms with Crippen LogP contribution in [0.25, 0.3) is 0 Å². The summed E-state index contributed by atoms with van der Waals surface area (Å²) in [5, 5.41) is 0. The van der Waals surface area contributed by atoms with Gasteiger partial charge in [-0.1, -0.05) is 35.7 Å². The van der Waals surface area contributed by atoms with Crippen LogP contribution in [0, 0.1) is 11.8 Å². The van der Waals surface area contributed by atoms with Gasteiger partial charge in [0.1, 0.15) is 5.76 Å². The molecule has 0 saturated heterocycles. The summed E-state index contributed by atoms with van der Waals surface area (Å²) in [5.41, 5.74) is 0.982. The molecule has 0 radical (unpaired) electrons. The van der Waals surface area contributed by atoms with E-state index in [9.17, 15) is 0 Å². The number of benzene rings is 1. The van der Waals surface area contributed by atoms with E-state index in [2.05, 4.69) is 41.6 Å². The van der Waals surface area contributed by atoms with Crippen molar-refractivity contribution < 1.29 is 4.42 Å². The summed E-state index contributed by atoms with van der Waals surface area (Å²) < 4.78 is 6.67. The lowest BCUT2D eigenvalue weighted by Gasteiger charge is -1.96. The van der Waals surface area contributed by atoms with Gasteiger partial charge in [0, 0.05) is 16.0 Å². The van der Waals surface area contributed by atoms with E-state index in [1.54, 1.807) is 0 Å². The van der Waals surface area contributed by atoms with Crippen molar-refractivity contribution in [1.29, 1.82) is 0 Å². The molecule has 0 aliphatic heterocycles. The maximum Gasteiger partial charge on any atom is 0.177 e. The number of rotatable bonds is 1. The van der Waals surface area contributed by atoms with E-state index in [1.165, 1.54) is 0 Å². The van der Waals surface area contributed by atoms with Crippen LogP contribution in [0.3, 0.4) is 0 Å². The van der Waals surface area contributed by atoms with E-state index >= 15 is 0 Å². The molecule has 0 saturated carbocycles. The predicted octanol–water partition coefficient (Wildman–Crippen LogP) is 4.57. The third kappa shape index (κ3) is 3.25. The molecule has 1 heterocycles. The van der Waals surface area contributed by atoms with Gasteiger partial charge in [-0.2, -0.15) is 0 Å². The Hall–Kier alpha value is -1.46. The maximum atomic E-state index is 5.61. The summed E-state index contributed by atoms with van der Waals surface area (Å²) in [6, 6.07) is 11.8. The van der Waals surface area contributed by atoms with Gasteiger partial charge < -0.3 is 4.42 Å². The second kappa shape index (κ2) is 5.25. The second-order valence-electron chi connectivity index (χ2n) is 4.11. The highest BCUT2D eigenvalue weighted by molar-refractivity contribution is 9.10. The molecule has 2 rings (SSSR count). The van der Waals surface area contributed by atoms with Crippen LogP contribution in [0.5, 0.6) is 0 Å². The summed E-state index contributed by atoms with van der Waals surface area (Å²) in [6.45, 7) is 4.20. The van der Waals surface area contributed by atoms with Crippen molar-refractivity contribution in [3.63, 3.8) is 0 Å². The van der Waals surface area contributed by atoms with Gasteiger partial charge in [0.2, 0.25) is 0 Å². The summed E-state index contributed by atoms with van der Waals surface area (Å²) in [5.74, 6) is 8.20. The molecular formula is C15H13BrO. The number of hydrogen-bond acceptors (Lipinski definition) is 1. The van der Waals surface area contributed by atoms with E-state index in [0.29, 0.717) is 5.92 Å². The Kier molecular flexibility index (Phi) is 3.71. The Morgan fingerprint density at radius 1 is 1.00 bits per heavy atom. The third-order valence-corrected chi connectivity index (χ3v) is 2.90. The van der Waals surface area contributed by atoms with E-state index < -0.39 is 0 Å². The van der Waals surface area contributed by atoms with Crippen molar-refractivity contribution >= 4 is 15.9 Å². The first-order valence-corrected chi connectivity index (χ1v) is 6.32. The summed E-state index contributed by atoms with van der Waals surface area (Å²) >= 11 is 3.39. The molecule has 0 bridgehead atoms. The average molecular weight is 289 g/mol. The predicted molar refractivity (Wildman–Crippen MR) is 72.9 cm³/mol. The minimum absolute atomic E-state index is 0.401. The smallest absolute Gasteiger partial charge is 0.177 e. The summed E-state index contributed by atoms with van der Waals surface area (Å²) in [4.78, 5) is 0. The number of furan rings is 1. The molecule has 2 heteroatoms. The molecule has 0 aliphatic carbocycles. The molecule has 0 unspecified atom stereocenters. The van der Waals surface area contributed by atoms with Crippen LogP contribution in [0.15, 0.2) is 45.3 Å². The van der Waals surface area contributed by atoms with Gasteiger partial charge in [-0.05, 0) is 42.3 Å². The fourth-order valence-corrected chi connectivity index (χ4v) is 1.66. The van der Waals surface area contributed by atoms with Crippen molar-refractivity contribution in [1.82, 2.24) is 0 Å². The van der Waals surface area contributed by atoms with Gasteiger partial charge in [-0.15, -0.1) is 0 Å². The standard InChI is InChI=1S/C15H13BrO/c1-11(2)15-10-9-14(17-15)8-5-12-3-6-13(16)7-4-12/h3-4,6-7,9-11H,1-2H3. The van der Waals surface area contributed by atoms with Crippen molar-refractivity contribution in [3.05, 3.63) is 58.0 Å². The molecule has 86 valence electrons. The molecule has 1 aromatic carbocycles. The van der Waals surface area contributed by atoms with Crippen molar-refractivity contribution in [2.24, 2.45) is 0 Å². The van der Waals surface area contributed by atoms with Crippen LogP contribution in [0.1, 0.15) is 36.8 Å². The lowest BCUT2D eigenvalue weighted by Crippen LogP contribution is -1.80. The molecule has 0 fully saturated rings. The molecule has 0 atom stereocenters. The topological polar surface area (TPSA) is 13.1 Å². The van der Waals surface area contributed by atoms with Gasteiger partial charge in [0.25, 0.3) is 0 Å². The van der Waals surface area contributed by atoms with Gasteiger partial charge in [0.15, 0.2) is 5.76 Å². The molecule has 2 aromatic rings. The normalized spacial score (nSPS) is 10.1. The summed E-state index contributed by atoms with van der Waals surface area (Å²) in [6.07, 6.45) is 0. The molecule has 0 amide bonds. The highest BCUT2D eigenvalue weighted by atomic mass is 79.9. The Bertz CT molecular complexity index is 553. The summed E-state index contributed by atoms with van der Waals surface area (Å²) in [7, 11) is 0. The average Bonchev–Trinajstić information content (AvgIpc) is 2.77. The Labute approximate surface area is 110 Å². The quantitative estimate of drug-likeness (QED) is 0.701. The maximum absolute atomic E-state index is 5.61. The number of halogens is 1. The van der Waals surface area contributed by atoms with Gasteiger partial charge in [0.05, 0.1) is 0 Å². The Morgan fingerprint density at radius 3 is 2.29 bits per heavy atom. The highest BCUT2D eigenvalue weighted by Crippen LogP contribution is 2.17. The van der Waals surface area contributed by atoms with Crippen LogP contribution in [0.2, 0.25) is 0 Å².